The Morgan fingerprint density at radius 3 is 1.97 bits per heavy atom. The summed E-state index contributed by atoms with van der Waals surface area (Å²) in [6, 6.07) is 7.48. The van der Waals surface area contributed by atoms with E-state index < -0.39 is 41.7 Å². The zero-order chi connectivity index (χ0) is 22.4. The van der Waals surface area contributed by atoms with Crippen molar-refractivity contribution in [1.29, 1.82) is 0 Å². The number of hydrogen-bond donors (Lipinski definition) is 3. The van der Waals surface area contributed by atoms with Gasteiger partial charge < -0.3 is 25.3 Å². The first-order valence-electron chi connectivity index (χ1n) is 8.17. The largest absolute Gasteiger partial charge is 1.00 e. The third-order valence-corrected chi connectivity index (χ3v) is 5.96. The van der Waals surface area contributed by atoms with Crippen LogP contribution in [-0.2, 0) is 20.2 Å². The molecule has 0 aliphatic carbocycles. The van der Waals surface area contributed by atoms with Crippen molar-refractivity contribution in [3.05, 3.63) is 53.6 Å². The van der Waals surface area contributed by atoms with Gasteiger partial charge in [-0.15, -0.1) is 0 Å². The van der Waals surface area contributed by atoms with Crippen LogP contribution in [0.2, 0.25) is 0 Å². The van der Waals surface area contributed by atoms with Crippen molar-refractivity contribution in [3.8, 4) is 5.75 Å². The molecule has 32 heavy (non-hydrogen) atoms. The summed E-state index contributed by atoms with van der Waals surface area (Å²) in [7, 11) is -10.0. The second-order valence-electron chi connectivity index (χ2n) is 6.45. The van der Waals surface area contributed by atoms with Crippen LogP contribution in [0.3, 0.4) is 0 Å². The average molecular weight is 496 g/mol. The van der Waals surface area contributed by atoms with Gasteiger partial charge in [0.2, 0.25) is 0 Å². The molecule has 0 spiro atoms. The van der Waals surface area contributed by atoms with Crippen LogP contribution in [0.5, 0.6) is 5.75 Å². The quantitative estimate of drug-likeness (QED) is 0.182. The summed E-state index contributed by atoms with van der Waals surface area (Å²) in [5.74, 6) is -1.42. The molecule has 0 aliphatic heterocycles. The molecule has 10 nitrogen and oxygen atoms in total. The summed E-state index contributed by atoms with van der Waals surface area (Å²) < 4.78 is 68.4. The van der Waals surface area contributed by atoms with Crippen molar-refractivity contribution in [2.24, 2.45) is 0 Å². The van der Waals surface area contributed by atoms with Crippen LogP contribution in [0.4, 0.5) is 11.4 Å². The molecule has 158 valence electrons. The first-order chi connectivity index (χ1) is 13.8. The smallest absolute Gasteiger partial charge is 0.744 e. The minimum Gasteiger partial charge on any atom is -0.744 e. The van der Waals surface area contributed by atoms with E-state index in [0.717, 1.165) is 18.2 Å². The summed E-state index contributed by atoms with van der Waals surface area (Å²) >= 11 is 0. The van der Waals surface area contributed by atoms with Crippen molar-refractivity contribution in [2.45, 2.75) is 16.7 Å². The number of hydrogen-bond acceptors (Lipinski definition) is 9. The summed E-state index contributed by atoms with van der Waals surface area (Å²) in [5, 5.41) is 12.2. The van der Waals surface area contributed by atoms with Crippen LogP contribution in [0.1, 0.15) is 15.9 Å². The minimum atomic E-state index is -5.02. The fraction of sp³-hybridized carbons (Fsp3) is 0.0556. The van der Waals surface area contributed by atoms with Gasteiger partial charge in [-0.3, -0.25) is 4.79 Å². The van der Waals surface area contributed by atoms with Gasteiger partial charge in [0.05, 0.1) is 15.5 Å². The van der Waals surface area contributed by atoms with E-state index in [1.807, 2.05) is 0 Å². The Morgan fingerprint density at radius 2 is 1.47 bits per heavy atom. The molecule has 0 bridgehead atoms. The number of anilines is 2. The molecule has 0 aliphatic rings. The molecule has 4 N–H and O–H groups in total. The van der Waals surface area contributed by atoms with Crippen LogP contribution in [0, 0.1) is 6.92 Å². The number of rotatable bonds is 4. The Balaban J connectivity index is 0.00000256. The summed E-state index contributed by atoms with van der Waals surface area (Å²) in [6.45, 7) is 1.67. The number of nitrogen functional groups attached to an aromatic ring is 1. The normalized spacial score (nSPS) is 11.3. The number of phenols is 1. The van der Waals surface area contributed by atoms with Gasteiger partial charge in [0, 0.05) is 16.6 Å². The van der Waals surface area contributed by atoms with Gasteiger partial charge in [-0.25, -0.2) is 16.8 Å². The molecule has 3 aromatic carbocycles. The zero-order valence-corrected chi connectivity index (χ0v) is 22.9. The standard InChI is InChI=1S/C18H16N2O8S2.2Na/c1-9-4-10(2-3-14(9)19)18(22)20-15-7-12(29(23,24)25)5-11-6-13(30(26,27)28)8-16(21)17(11)15;;/h2-8,21H,19H2,1H3,(H,20,22)(H,23,24,25)(H,26,27,28);;/q;2*+1/p-2. The van der Waals surface area contributed by atoms with E-state index in [2.05, 4.69) is 5.32 Å². The van der Waals surface area contributed by atoms with Crippen LogP contribution < -0.4 is 70.2 Å². The van der Waals surface area contributed by atoms with Gasteiger partial charge >= 0.3 is 59.1 Å². The molecule has 14 heteroatoms. The molecule has 0 atom stereocenters. The van der Waals surface area contributed by atoms with E-state index in [0.29, 0.717) is 17.3 Å². The summed E-state index contributed by atoms with van der Waals surface area (Å²) in [4.78, 5) is 11.0. The second-order valence-corrected chi connectivity index (χ2v) is 9.20. The SMILES string of the molecule is Cc1cc(C(=O)Nc2cc(S(=O)(=O)[O-])cc3cc(S(=O)(=O)[O-])cc(O)c23)ccc1N.[Na+].[Na+]. The maximum Gasteiger partial charge on any atom is 1.00 e. The fourth-order valence-electron chi connectivity index (χ4n) is 2.84. The molecule has 0 radical (unpaired) electrons. The van der Waals surface area contributed by atoms with Gasteiger partial charge in [-0.1, -0.05) is 0 Å². The van der Waals surface area contributed by atoms with Gasteiger partial charge in [-0.05, 0) is 60.3 Å². The monoisotopic (exact) mass is 496 g/mol. The molecule has 1 amide bonds. The Hall–Kier alpha value is -1.19. The Morgan fingerprint density at radius 1 is 0.938 bits per heavy atom. The van der Waals surface area contributed by atoms with Crippen molar-refractivity contribution in [3.63, 3.8) is 0 Å². The molecule has 0 aromatic heterocycles. The summed E-state index contributed by atoms with van der Waals surface area (Å²) in [5.41, 5.74) is 6.65. The van der Waals surface area contributed by atoms with Crippen molar-refractivity contribution < 1.29 is 95.0 Å². The van der Waals surface area contributed by atoms with Gasteiger partial charge in [0.15, 0.2) is 0 Å². The van der Waals surface area contributed by atoms with Gasteiger partial charge in [-0.2, -0.15) is 0 Å². The predicted octanol–water partition coefficient (Wildman–Crippen LogP) is -4.50. The van der Waals surface area contributed by atoms with Crippen LogP contribution in [-0.4, -0.2) is 37.0 Å². The minimum absolute atomic E-state index is 0. The number of nitrogens with one attached hydrogen (secondary N) is 1. The van der Waals surface area contributed by atoms with E-state index >= 15 is 0 Å². The van der Waals surface area contributed by atoms with Gasteiger partial charge in [0.25, 0.3) is 5.91 Å². The van der Waals surface area contributed by atoms with Crippen LogP contribution >= 0.6 is 0 Å². The van der Waals surface area contributed by atoms with Crippen molar-refractivity contribution in [1.82, 2.24) is 0 Å². The van der Waals surface area contributed by atoms with E-state index in [9.17, 15) is 35.8 Å². The number of aromatic hydroxyl groups is 1. The number of nitrogens with two attached hydrogens (primary N) is 1. The Bertz CT molecular complexity index is 1420. The maximum atomic E-state index is 12.6. The number of amides is 1. The molecular formula is C18H14N2Na2O8S2. The maximum absolute atomic E-state index is 12.6. The third-order valence-electron chi connectivity index (χ3n) is 4.33. The van der Waals surface area contributed by atoms with Gasteiger partial charge in [0.1, 0.15) is 26.0 Å². The number of carbonyl (C=O) groups is 1. The van der Waals surface area contributed by atoms with Crippen molar-refractivity contribution in [2.75, 3.05) is 11.1 Å². The first-order valence-corrected chi connectivity index (χ1v) is 11.0. The molecule has 3 aromatic rings. The number of phenolic OH excluding ortho intramolecular Hbond substituents is 1. The molecule has 0 unspecified atom stereocenters. The van der Waals surface area contributed by atoms with Crippen molar-refractivity contribution >= 4 is 48.3 Å². The van der Waals surface area contributed by atoms with E-state index in [4.69, 9.17) is 5.73 Å². The second kappa shape index (κ2) is 10.4. The molecule has 0 saturated heterocycles. The van der Waals surface area contributed by atoms with E-state index in [-0.39, 0.29) is 81.1 Å². The van der Waals surface area contributed by atoms with E-state index in [1.54, 1.807) is 6.92 Å². The molecule has 3 rings (SSSR count). The summed E-state index contributed by atoms with van der Waals surface area (Å²) in [6.07, 6.45) is 0. The number of carbonyl (C=O) groups excluding carboxylic acids is 1. The Kier molecular flexibility index (Phi) is 9.36. The van der Waals surface area contributed by atoms with E-state index in [1.165, 1.54) is 18.2 Å². The van der Waals surface area contributed by atoms with Crippen LogP contribution in [0.25, 0.3) is 10.8 Å². The molecule has 0 heterocycles. The Labute approximate surface area is 228 Å². The third kappa shape index (κ3) is 6.23. The number of aryl methyl sites for hydroxylation is 1. The topological polar surface area (TPSA) is 190 Å². The number of benzene rings is 3. The van der Waals surface area contributed by atoms with Crippen LogP contribution in [0.15, 0.2) is 52.3 Å². The molecule has 0 fully saturated rings. The molecular weight excluding hydrogens is 482 g/mol. The molecule has 0 saturated carbocycles. The average Bonchev–Trinajstić information content (AvgIpc) is 2.61. The first kappa shape index (κ1) is 28.8. The predicted molar refractivity (Wildman–Crippen MR) is 105 cm³/mol. The number of fused-ring (bicyclic) bond motifs is 1. The zero-order valence-electron chi connectivity index (χ0n) is 17.2. The fourth-order valence-corrected chi connectivity index (χ4v) is 3.90.